The van der Waals surface area contributed by atoms with E-state index in [1.807, 2.05) is 30.3 Å². The van der Waals surface area contributed by atoms with Crippen LogP contribution in [0.3, 0.4) is 0 Å². The first-order chi connectivity index (χ1) is 10.9. The van der Waals surface area contributed by atoms with Crippen molar-refractivity contribution in [3.8, 4) is 0 Å². The van der Waals surface area contributed by atoms with E-state index in [1.165, 1.54) is 0 Å². The zero-order chi connectivity index (χ0) is 17.3. The van der Waals surface area contributed by atoms with Crippen LogP contribution in [0.15, 0.2) is 30.3 Å². The molecular formula is C15H20F2N2O4. The van der Waals surface area contributed by atoms with Crippen LogP contribution in [0.1, 0.15) is 18.4 Å². The van der Waals surface area contributed by atoms with Crippen molar-refractivity contribution in [1.29, 1.82) is 0 Å². The number of carbonyl (C=O) groups is 2. The molecule has 128 valence electrons. The average molecular weight is 330 g/mol. The number of hydrogen-bond donors (Lipinski definition) is 3. The Hall–Kier alpha value is -2.22. The third kappa shape index (κ3) is 6.19. The van der Waals surface area contributed by atoms with Gasteiger partial charge in [0.05, 0.1) is 6.61 Å². The summed E-state index contributed by atoms with van der Waals surface area (Å²) < 4.78 is 30.2. The average Bonchev–Trinajstić information content (AvgIpc) is 2.52. The molecule has 0 aromatic heterocycles. The fourth-order valence-electron chi connectivity index (χ4n) is 1.84. The molecule has 1 rings (SSSR count). The minimum absolute atomic E-state index is 0.000918. The van der Waals surface area contributed by atoms with E-state index in [-0.39, 0.29) is 19.6 Å². The molecule has 0 aliphatic heterocycles. The Balaban J connectivity index is 2.20. The third-order valence-corrected chi connectivity index (χ3v) is 3.29. The van der Waals surface area contributed by atoms with Gasteiger partial charge in [-0.1, -0.05) is 30.3 Å². The minimum atomic E-state index is -3.18. The number of amides is 1. The highest BCUT2D eigenvalue weighted by Crippen LogP contribution is 2.19. The molecule has 0 aliphatic rings. The molecule has 1 atom stereocenters. The van der Waals surface area contributed by atoms with Gasteiger partial charge in [0.2, 0.25) is 0 Å². The van der Waals surface area contributed by atoms with Crippen molar-refractivity contribution >= 4 is 12.1 Å². The Morgan fingerprint density at radius 2 is 1.96 bits per heavy atom. The minimum Gasteiger partial charge on any atom is -0.480 e. The highest BCUT2D eigenvalue weighted by molar-refractivity contribution is 5.79. The smallest absolute Gasteiger partial charge is 0.407 e. The van der Waals surface area contributed by atoms with E-state index in [2.05, 4.69) is 5.32 Å². The first-order valence-corrected chi connectivity index (χ1v) is 7.11. The Bertz CT molecular complexity index is 513. The summed E-state index contributed by atoms with van der Waals surface area (Å²) in [6.45, 7) is 0.186. The van der Waals surface area contributed by atoms with Crippen LogP contribution in [-0.4, -0.2) is 42.3 Å². The van der Waals surface area contributed by atoms with Gasteiger partial charge in [0, 0.05) is 13.0 Å². The van der Waals surface area contributed by atoms with Gasteiger partial charge >= 0.3 is 12.1 Å². The predicted molar refractivity (Wildman–Crippen MR) is 79.3 cm³/mol. The van der Waals surface area contributed by atoms with Gasteiger partial charge in [0.25, 0.3) is 6.43 Å². The number of rotatable bonds is 9. The van der Waals surface area contributed by atoms with Crippen molar-refractivity contribution in [2.75, 3.05) is 13.2 Å². The molecule has 0 fully saturated rings. The fourth-order valence-corrected chi connectivity index (χ4v) is 1.84. The van der Waals surface area contributed by atoms with Gasteiger partial charge in [-0.15, -0.1) is 0 Å². The number of alkyl carbamates (subject to hydrolysis) is 1. The van der Waals surface area contributed by atoms with E-state index >= 15 is 0 Å². The molecule has 1 unspecified atom stereocenters. The Morgan fingerprint density at radius 1 is 1.30 bits per heavy atom. The summed E-state index contributed by atoms with van der Waals surface area (Å²) in [5.74, 6) is -1.77. The van der Waals surface area contributed by atoms with E-state index in [0.717, 1.165) is 5.56 Å². The maximum absolute atomic E-state index is 12.6. The number of alkyl halides is 2. The van der Waals surface area contributed by atoms with E-state index in [0.29, 0.717) is 6.42 Å². The first-order valence-electron chi connectivity index (χ1n) is 7.11. The molecule has 0 radical (unpaired) electrons. The van der Waals surface area contributed by atoms with Crippen molar-refractivity contribution in [1.82, 2.24) is 5.32 Å². The SMILES string of the molecule is NC(CCCNC(=O)OCCc1ccccc1)(C(=O)O)C(F)F. The standard InChI is InChI=1S/C15H20F2N2O4/c16-12(17)15(18,13(20)21)8-4-9-19-14(22)23-10-7-11-5-2-1-3-6-11/h1-3,5-6,12H,4,7-10,18H2,(H,19,22)(H,20,21). The molecule has 8 heteroatoms. The third-order valence-electron chi connectivity index (χ3n) is 3.29. The van der Waals surface area contributed by atoms with Crippen LogP contribution >= 0.6 is 0 Å². The topological polar surface area (TPSA) is 102 Å². The number of ether oxygens (including phenoxy) is 1. The predicted octanol–water partition coefficient (Wildman–Crippen LogP) is 1.78. The lowest BCUT2D eigenvalue weighted by atomic mass is 9.95. The molecule has 0 saturated carbocycles. The van der Waals surface area contributed by atoms with E-state index in [9.17, 15) is 18.4 Å². The first kappa shape index (κ1) is 18.8. The van der Waals surface area contributed by atoms with Crippen LogP contribution in [0.4, 0.5) is 13.6 Å². The van der Waals surface area contributed by atoms with Crippen molar-refractivity contribution in [2.24, 2.45) is 5.73 Å². The molecule has 0 saturated heterocycles. The molecule has 1 aromatic rings. The van der Waals surface area contributed by atoms with Gasteiger partial charge in [0.15, 0.2) is 5.54 Å². The maximum Gasteiger partial charge on any atom is 0.407 e. The highest BCUT2D eigenvalue weighted by atomic mass is 19.3. The highest BCUT2D eigenvalue weighted by Gasteiger charge is 2.43. The molecule has 1 aromatic carbocycles. The van der Waals surface area contributed by atoms with E-state index in [1.54, 1.807) is 0 Å². The Kier molecular flexibility index (Phi) is 7.40. The molecular weight excluding hydrogens is 310 g/mol. The second kappa shape index (κ2) is 9.04. The van der Waals surface area contributed by atoms with Gasteiger partial charge in [-0.3, -0.25) is 0 Å². The molecule has 0 heterocycles. The molecule has 0 bridgehead atoms. The quantitative estimate of drug-likeness (QED) is 0.599. The number of carboxylic acid groups (broad SMARTS) is 1. The van der Waals surface area contributed by atoms with Gasteiger partial charge < -0.3 is 20.9 Å². The maximum atomic E-state index is 12.6. The van der Waals surface area contributed by atoms with E-state index in [4.69, 9.17) is 15.6 Å². The summed E-state index contributed by atoms with van der Waals surface area (Å²) in [5, 5.41) is 11.1. The number of nitrogens with two attached hydrogens (primary N) is 1. The largest absolute Gasteiger partial charge is 0.480 e. The van der Waals surface area contributed by atoms with Crippen LogP contribution in [-0.2, 0) is 16.0 Å². The normalized spacial score (nSPS) is 13.4. The van der Waals surface area contributed by atoms with Crippen molar-refractivity contribution in [2.45, 2.75) is 31.2 Å². The van der Waals surface area contributed by atoms with Crippen molar-refractivity contribution in [3.05, 3.63) is 35.9 Å². The molecule has 0 aliphatic carbocycles. The lowest BCUT2D eigenvalue weighted by Crippen LogP contribution is -2.54. The van der Waals surface area contributed by atoms with Crippen LogP contribution < -0.4 is 11.1 Å². The fraction of sp³-hybridized carbons (Fsp3) is 0.467. The van der Waals surface area contributed by atoms with Crippen LogP contribution in [0.5, 0.6) is 0 Å². The van der Waals surface area contributed by atoms with Crippen LogP contribution in [0.2, 0.25) is 0 Å². The monoisotopic (exact) mass is 330 g/mol. The summed E-state index contributed by atoms with van der Waals surface area (Å²) in [7, 11) is 0. The number of nitrogens with one attached hydrogen (secondary N) is 1. The van der Waals surface area contributed by atoms with Crippen LogP contribution in [0, 0.1) is 0 Å². The van der Waals surface area contributed by atoms with Gasteiger partial charge in [-0.05, 0) is 18.4 Å². The summed E-state index contributed by atoms with van der Waals surface area (Å²) in [4.78, 5) is 22.1. The number of aliphatic carboxylic acids is 1. The van der Waals surface area contributed by atoms with Crippen molar-refractivity contribution < 1.29 is 28.2 Å². The number of carbonyl (C=O) groups excluding carboxylic acids is 1. The number of halogens is 2. The molecule has 1 amide bonds. The lowest BCUT2D eigenvalue weighted by molar-refractivity contribution is -0.150. The second-order valence-electron chi connectivity index (χ2n) is 5.05. The Labute approximate surface area is 132 Å². The zero-order valence-corrected chi connectivity index (χ0v) is 12.5. The molecule has 23 heavy (non-hydrogen) atoms. The molecule has 6 nitrogen and oxygen atoms in total. The van der Waals surface area contributed by atoms with Gasteiger partial charge in [0.1, 0.15) is 0 Å². The summed E-state index contributed by atoms with van der Waals surface area (Å²) >= 11 is 0. The lowest BCUT2D eigenvalue weighted by Gasteiger charge is -2.23. The van der Waals surface area contributed by atoms with Crippen molar-refractivity contribution in [3.63, 3.8) is 0 Å². The summed E-state index contributed by atoms with van der Waals surface area (Å²) in [6.07, 6.45) is -3.76. The molecule has 0 spiro atoms. The second-order valence-corrected chi connectivity index (χ2v) is 5.05. The summed E-state index contributed by atoms with van der Waals surface area (Å²) in [5.41, 5.74) is 3.57. The van der Waals surface area contributed by atoms with E-state index < -0.39 is 30.4 Å². The zero-order valence-electron chi connectivity index (χ0n) is 12.5. The van der Waals surface area contributed by atoms with Gasteiger partial charge in [-0.2, -0.15) is 0 Å². The molecule has 4 N–H and O–H groups in total. The van der Waals surface area contributed by atoms with Crippen LogP contribution in [0.25, 0.3) is 0 Å². The number of benzene rings is 1. The summed E-state index contributed by atoms with van der Waals surface area (Å²) in [6, 6.07) is 9.43. The number of hydrogen-bond acceptors (Lipinski definition) is 4. The van der Waals surface area contributed by atoms with Gasteiger partial charge in [-0.25, -0.2) is 18.4 Å². The Morgan fingerprint density at radius 3 is 2.52 bits per heavy atom. The number of carboxylic acids is 1.